The van der Waals surface area contributed by atoms with Gasteiger partial charge in [0.15, 0.2) is 0 Å². The van der Waals surface area contributed by atoms with Crippen molar-refractivity contribution in [3.05, 3.63) is 10.6 Å². The van der Waals surface area contributed by atoms with E-state index in [0.29, 0.717) is 0 Å². The molecule has 1 N–H and O–H groups in total. The van der Waals surface area contributed by atoms with E-state index in [2.05, 4.69) is 20.7 Å². The van der Waals surface area contributed by atoms with Crippen molar-refractivity contribution in [3.63, 3.8) is 0 Å². The van der Waals surface area contributed by atoms with Gasteiger partial charge in [0, 0.05) is 0 Å². The maximum atomic E-state index is 10.6. The van der Waals surface area contributed by atoms with Crippen LogP contribution >= 0.6 is 39.1 Å². The number of halogens is 3. The lowest BCUT2D eigenvalue weighted by Crippen LogP contribution is -2.13. The number of cyclic esters (lactones) is 1. The van der Waals surface area contributed by atoms with Gasteiger partial charge in [-0.25, -0.2) is 4.79 Å². The number of alkyl halides is 2. The van der Waals surface area contributed by atoms with Crippen LogP contribution in [0.4, 0.5) is 0 Å². The summed E-state index contributed by atoms with van der Waals surface area (Å²) in [6.45, 7) is 0. The highest BCUT2D eigenvalue weighted by Gasteiger charge is 2.34. The molecule has 0 aromatic carbocycles. The van der Waals surface area contributed by atoms with Crippen molar-refractivity contribution in [2.45, 2.75) is 10.6 Å². The molecule has 1 aliphatic heterocycles. The number of aliphatic hydroxyl groups is 1. The Morgan fingerprint density at radius 3 is 2.45 bits per heavy atom. The Morgan fingerprint density at radius 2 is 2.27 bits per heavy atom. The molecular formula is C5H3BrCl2O3. The third kappa shape index (κ3) is 1.69. The average molecular weight is 262 g/mol. The van der Waals surface area contributed by atoms with Gasteiger partial charge >= 0.3 is 5.97 Å². The molecule has 2 unspecified atom stereocenters. The third-order valence-corrected chi connectivity index (χ3v) is 2.25. The molecule has 0 saturated heterocycles. The second-order valence-corrected chi connectivity index (χ2v) is 4.08. The largest absolute Gasteiger partial charge is 0.427 e. The van der Waals surface area contributed by atoms with E-state index < -0.39 is 16.5 Å². The standard InChI is InChI=1S/C5H3BrCl2O3/c6-3(8)1-2(7)5(10)11-4(1)9/h3-4,9H. The summed E-state index contributed by atoms with van der Waals surface area (Å²) in [4.78, 5) is 10.6. The SMILES string of the molecule is O=C1OC(O)C(C(Cl)Br)=C1Cl. The Balaban J connectivity index is 2.97. The summed E-state index contributed by atoms with van der Waals surface area (Å²) in [5.74, 6) is -0.751. The molecule has 0 aliphatic carbocycles. The number of carbonyl (C=O) groups excluding carboxylic acids is 1. The normalized spacial score (nSPS) is 27.3. The van der Waals surface area contributed by atoms with Crippen LogP contribution in [0, 0.1) is 0 Å². The second-order valence-electron chi connectivity index (χ2n) is 1.83. The van der Waals surface area contributed by atoms with Gasteiger partial charge in [0.2, 0.25) is 6.29 Å². The van der Waals surface area contributed by atoms with Gasteiger partial charge in [-0.15, -0.1) is 11.6 Å². The Hall–Kier alpha value is 0.230. The zero-order valence-electron chi connectivity index (χ0n) is 5.05. The van der Waals surface area contributed by atoms with Crippen molar-refractivity contribution in [1.82, 2.24) is 0 Å². The molecule has 0 aromatic rings. The molecule has 6 heteroatoms. The predicted octanol–water partition coefficient (Wildman–Crippen LogP) is 1.31. The van der Waals surface area contributed by atoms with Crippen molar-refractivity contribution < 1.29 is 14.6 Å². The van der Waals surface area contributed by atoms with Crippen molar-refractivity contribution in [2.75, 3.05) is 0 Å². The van der Waals surface area contributed by atoms with Crippen LogP contribution in [0.3, 0.4) is 0 Å². The zero-order chi connectivity index (χ0) is 8.59. The van der Waals surface area contributed by atoms with Gasteiger partial charge in [0.1, 0.15) is 9.32 Å². The number of carbonyl (C=O) groups is 1. The molecule has 0 spiro atoms. The minimum Gasteiger partial charge on any atom is -0.427 e. The molecule has 0 radical (unpaired) electrons. The molecule has 11 heavy (non-hydrogen) atoms. The quantitative estimate of drug-likeness (QED) is 0.572. The smallest absolute Gasteiger partial charge is 0.352 e. The van der Waals surface area contributed by atoms with Crippen LogP contribution in [-0.2, 0) is 9.53 Å². The average Bonchev–Trinajstić information content (AvgIpc) is 2.07. The fourth-order valence-corrected chi connectivity index (χ4v) is 1.75. The molecule has 62 valence electrons. The molecule has 3 nitrogen and oxygen atoms in total. The van der Waals surface area contributed by atoms with E-state index in [1.165, 1.54) is 0 Å². The number of ether oxygens (including phenoxy) is 1. The second kappa shape index (κ2) is 3.31. The van der Waals surface area contributed by atoms with Crippen molar-refractivity contribution in [3.8, 4) is 0 Å². The summed E-state index contributed by atoms with van der Waals surface area (Å²) >= 11 is 13.9. The van der Waals surface area contributed by atoms with Crippen LogP contribution in [0.1, 0.15) is 0 Å². The van der Waals surface area contributed by atoms with Crippen molar-refractivity contribution in [1.29, 1.82) is 0 Å². The summed E-state index contributed by atoms with van der Waals surface area (Å²) in [7, 11) is 0. The van der Waals surface area contributed by atoms with E-state index in [0.717, 1.165) is 0 Å². The Labute approximate surface area is 81.0 Å². The van der Waals surface area contributed by atoms with E-state index >= 15 is 0 Å². The number of aliphatic hydroxyl groups excluding tert-OH is 1. The lowest BCUT2D eigenvalue weighted by molar-refractivity contribution is -0.151. The molecule has 0 aromatic heterocycles. The van der Waals surface area contributed by atoms with Gasteiger partial charge in [-0.05, 0) is 0 Å². The highest BCUT2D eigenvalue weighted by molar-refractivity contribution is 9.10. The maximum Gasteiger partial charge on any atom is 0.352 e. The maximum absolute atomic E-state index is 10.6. The molecule has 0 fully saturated rings. The summed E-state index contributed by atoms with van der Waals surface area (Å²) in [5.41, 5.74) is 0.151. The highest BCUT2D eigenvalue weighted by atomic mass is 79.9. The summed E-state index contributed by atoms with van der Waals surface area (Å²) < 4.78 is 3.66. The monoisotopic (exact) mass is 260 g/mol. The lowest BCUT2D eigenvalue weighted by atomic mass is 10.3. The fraction of sp³-hybridized carbons (Fsp3) is 0.400. The van der Waals surface area contributed by atoms with Gasteiger partial charge in [0.25, 0.3) is 0 Å². The lowest BCUT2D eigenvalue weighted by Gasteiger charge is -2.06. The van der Waals surface area contributed by atoms with Crippen LogP contribution in [0.2, 0.25) is 0 Å². The van der Waals surface area contributed by atoms with Gasteiger partial charge in [-0.1, -0.05) is 27.5 Å². The molecular weight excluding hydrogens is 259 g/mol. The van der Waals surface area contributed by atoms with E-state index in [-0.39, 0.29) is 10.6 Å². The van der Waals surface area contributed by atoms with Gasteiger partial charge in [-0.3, -0.25) is 0 Å². The number of rotatable bonds is 1. The van der Waals surface area contributed by atoms with Gasteiger partial charge in [0.05, 0.1) is 5.57 Å². The van der Waals surface area contributed by atoms with Crippen LogP contribution in [0.15, 0.2) is 10.6 Å². The minimum absolute atomic E-state index is 0.151. The highest BCUT2D eigenvalue weighted by Crippen LogP contribution is 2.31. The van der Waals surface area contributed by atoms with Gasteiger partial charge in [-0.2, -0.15) is 0 Å². The molecule has 2 atom stereocenters. The van der Waals surface area contributed by atoms with Crippen LogP contribution in [0.25, 0.3) is 0 Å². The van der Waals surface area contributed by atoms with Crippen LogP contribution in [-0.4, -0.2) is 21.7 Å². The van der Waals surface area contributed by atoms with Crippen LogP contribution < -0.4 is 0 Å². The van der Waals surface area contributed by atoms with Gasteiger partial charge < -0.3 is 9.84 Å². The van der Waals surface area contributed by atoms with E-state index in [9.17, 15) is 4.79 Å². The summed E-state index contributed by atoms with van der Waals surface area (Å²) in [6.07, 6.45) is -1.32. The summed E-state index contributed by atoms with van der Waals surface area (Å²) in [6, 6.07) is 0. The number of hydrogen-bond donors (Lipinski definition) is 1. The molecule has 1 heterocycles. The molecule has 1 aliphatic rings. The van der Waals surface area contributed by atoms with E-state index in [1.807, 2.05) is 0 Å². The number of hydrogen-bond acceptors (Lipinski definition) is 3. The number of esters is 1. The third-order valence-electron chi connectivity index (χ3n) is 1.15. The Morgan fingerprint density at radius 1 is 1.73 bits per heavy atom. The Bertz CT molecular complexity index is 226. The first-order chi connectivity index (χ1) is 5.04. The minimum atomic E-state index is -1.32. The Kier molecular flexibility index (Phi) is 2.80. The first kappa shape index (κ1) is 9.32. The molecule has 0 amide bonds. The fourth-order valence-electron chi connectivity index (χ4n) is 0.646. The first-order valence-electron chi connectivity index (χ1n) is 2.60. The molecule has 0 bridgehead atoms. The zero-order valence-corrected chi connectivity index (χ0v) is 8.15. The summed E-state index contributed by atoms with van der Waals surface area (Å²) in [5, 5.41) is 8.84. The van der Waals surface area contributed by atoms with Crippen molar-refractivity contribution in [2.24, 2.45) is 0 Å². The first-order valence-corrected chi connectivity index (χ1v) is 4.33. The molecule has 1 rings (SSSR count). The van der Waals surface area contributed by atoms with E-state index in [4.69, 9.17) is 28.3 Å². The van der Waals surface area contributed by atoms with Crippen molar-refractivity contribution >= 4 is 45.1 Å². The van der Waals surface area contributed by atoms with Crippen LogP contribution in [0.5, 0.6) is 0 Å². The predicted molar refractivity (Wildman–Crippen MR) is 43.5 cm³/mol. The molecule has 0 saturated carbocycles. The van der Waals surface area contributed by atoms with E-state index in [1.54, 1.807) is 0 Å². The topological polar surface area (TPSA) is 46.5 Å².